The lowest BCUT2D eigenvalue weighted by Crippen LogP contribution is -2.13. The fourth-order valence-electron chi connectivity index (χ4n) is 2.88. The van der Waals surface area contributed by atoms with Crippen molar-refractivity contribution in [3.63, 3.8) is 0 Å². The van der Waals surface area contributed by atoms with Crippen LogP contribution >= 0.6 is 0 Å². The summed E-state index contributed by atoms with van der Waals surface area (Å²) in [6, 6.07) is 10.8. The Morgan fingerprint density at radius 1 is 1.00 bits per heavy atom. The van der Waals surface area contributed by atoms with Gasteiger partial charge in [-0.1, -0.05) is 30.3 Å². The van der Waals surface area contributed by atoms with Crippen molar-refractivity contribution in [2.45, 2.75) is 44.4 Å². The van der Waals surface area contributed by atoms with Crippen LogP contribution in [0.5, 0.6) is 0 Å². The molecule has 88 valence electrons. The molecule has 0 heterocycles. The maximum absolute atomic E-state index is 12.1. The molecule has 0 radical (unpaired) electrons. The van der Waals surface area contributed by atoms with Crippen molar-refractivity contribution < 1.29 is 4.39 Å². The van der Waals surface area contributed by atoms with E-state index in [1.54, 1.807) is 0 Å². The van der Waals surface area contributed by atoms with Gasteiger partial charge in [-0.25, -0.2) is 0 Å². The third kappa shape index (κ3) is 3.07. The average molecular weight is 220 g/mol. The third-order valence-electron chi connectivity index (χ3n) is 3.86. The smallest absolute Gasteiger partial charge is 0.0894 e. The van der Waals surface area contributed by atoms with Crippen molar-refractivity contribution in [3.8, 4) is 0 Å². The molecule has 1 heteroatoms. The second kappa shape index (κ2) is 6.03. The Labute approximate surface area is 97.9 Å². The quantitative estimate of drug-likeness (QED) is 0.689. The summed E-state index contributed by atoms with van der Waals surface area (Å²) in [5.41, 5.74) is 1.49. The van der Waals surface area contributed by atoms with E-state index in [0.29, 0.717) is 0 Å². The Morgan fingerprint density at radius 2 is 1.69 bits per heavy atom. The van der Waals surface area contributed by atoms with Crippen molar-refractivity contribution in [3.05, 3.63) is 35.9 Å². The molecule has 0 N–H and O–H groups in total. The molecule has 0 nitrogen and oxygen atoms in total. The zero-order valence-corrected chi connectivity index (χ0v) is 9.87. The number of alkyl halides is 1. The monoisotopic (exact) mass is 220 g/mol. The molecule has 1 aromatic rings. The zero-order chi connectivity index (χ0) is 11.2. The van der Waals surface area contributed by atoms with E-state index in [1.165, 1.54) is 31.2 Å². The molecule has 0 spiro atoms. The highest BCUT2D eigenvalue weighted by Gasteiger charge is 2.21. The van der Waals surface area contributed by atoms with Crippen LogP contribution in [-0.2, 0) is 0 Å². The fraction of sp³-hybridized carbons (Fsp3) is 0.600. The summed E-state index contributed by atoms with van der Waals surface area (Å²) in [6.07, 6.45) is 7.03. The maximum atomic E-state index is 12.1. The van der Waals surface area contributed by atoms with Crippen molar-refractivity contribution in [2.75, 3.05) is 6.67 Å². The largest absolute Gasteiger partial charge is 0.251 e. The van der Waals surface area contributed by atoms with Gasteiger partial charge >= 0.3 is 0 Å². The van der Waals surface area contributed by atoms with Gasteiger partial charge in [-0.3, -0.25) is 4.39 Å². The van der Waals surface area contributed by atoms with E-state index in [9.17, 15) is 4.39 Å². The summed E-state index contributed by atoms with van der Waals surface area (Å²) in [5.74, 6) is 1.54. The molecular formula is C15H21F. The summed E-state index contributed by atoms with van der Waals surface area (Å²) in [7, 11) is 0. The van der Waals surface area contributed by atoms with E-state index in [0.717, 1.165) is 24.7 Å². The SMILES string of the molecule is FCCCC1CCC(c2ccccc2)CC1. The lowest BCUT2D eigenvalue weighted by atomic mass is 9.77. The van der Waals surface area contributed by atoms with Crippen molar-refractivity contribution in [2.24, 2.45) is 5.92 Å². The zero-order valence-electron chi connectivity index (χ0n) is 9.87. The molecule has 1 fully saturated rings. The van der Waals surface area contributed by atoms with E-state index in [1.807, 2.05) is 0 Å². The lowest BCUT2D eigenvalue weighted by molar-refractivity contribution is 0.293. The molecule has 0 saturated heterocycles. The first kappa shape index (κ1) is 11.6. The van der Waals surface area contributed by atoms with Crippen LogP contribution in [0.3, 0.4) is 0 Å². The highest BCUT2D eigenvalue weighted by molar-refractivity contribution is 5.19. The van der Waals surface area contributed by atoms with Gasteiger partial charge in [0.25, 0.3) is 0 Å². The number of benzene rings is 1. The van der Waals surface area contributed by atoms with Gasteiger partial charge < -0.3 is 0 Å². The van der Waals surface area contributed by atoms with Crippen LogP contribution in [0, 0.1) is 5.92 Å². The summed E-state index contributed by atoms with van der Waals surface area (Å²) in [5, 5.41) is 0. The Balaban J connectivity index is 1.81. The first-order valence-electron chi connectivity index (χ1n) is 6.51. The minimum atomic E-state index is -0.140. The molecule has 0 aromatic heterocycles. The molecule has 1 aliphatic carbocycles. The van der Waals surface area contributed by atoms with Crippen molar-refractivity contribution in [1.82, 2.24) is 0 Å². The third-order valence-corrected chi connectivity index (χ3v) is 3.86. The molecule has 0 bridgehead atoms. The standard InChI is InChI=1S/C15H21F/c16-12-4-5-13-8-10-15(11-9-13)14-6-2-1-3-7-14/h1-3,6-7,13,15H,4-5,8-12H2. The van der Waals surface area contributed by atoms with E-state index in [2.05, 4.69) is 30.3 Å². The summed E-state index contributed by atoms with van der Waals surface area (Å²) in [4.78, 5) is 0. The number of hydrogen-bond donors (Lipinski definition) is 0. The summed E-state index contributed by atoms with van der Waals surface area (Å²) in [6.45, 7) is -0.140. The van der Waals surface area contributed by atoms with Gasteiger partial charge in [-0.2, -0.15) is 0 Å². The van der Waals surface area contributed by atoms with Crippen LogP contribution in [0.1, 0.15) is 50.0 Å². The van der Waals surface area contributed by atoms with E-state index in [4.69, 9.17) is 0 Å². The minimum absolute atomic E-state index is 0.140. The van der Waals surface area contributed by atoms with Crippen molar-refractivity contribution >= 4 is 0 Å². The van der Waals surface area contributed by atoms with Gasteiger partial charge in [0.1, 0.15) is 0 Å². The summed E-state index contributed by atoms with van der Waals surface area (Å²) < 4.78 is 12.1. The Hall–Kier alpha value is -0.850. The molecular weight excluding hydrogens is 199 g/mol. The minimum Gasteiger partial charge on any atom is -0.251 e. The van der Waals surface area contributed by atoms with Crippen LogP contribution < -0.4 is 0 Å². The molecule has 1 aromatic carbocycles. The van der Waals surface area contributed by atoms with Gasteiger partial charge in [-0.05, 0) is 55.9 Å². The van der Waals surface area contributed by atoms with Gasteiger partial charge in [0.2, 0.25) is 0 Å². The number of hydrogen-bond acceptors (Lipinski definition) is 0. The Bertz CT molecular complexity index is 286. The second-order valence-electron chi connectivity index (χ2n) is 4.96. The second-order valence-corrected chi connectivity index (χ2v) is 4.96. The number of rotatable bonds is 4. The predicted molar refractivity (Wildman–Crippen MR) is 66.4 cm³/mol. The first-order valence-corrected chi connectivity index (χ1v) is 6.51. The van der Waals surface area contributed by atoms with E-state index >= 15 is 0 Å². The van der Waals surface area contributed by atoms with Crippen molar-refractivity contribution in [1.29, 1.82) is 0 Å². The molecule has 0 amide bonds. The molecule has 0 aliphatic heterocycles. The highest BCUT2D eigenvalue weighted by atomic mass is 19.1. The molecule has 16 heavy (non-hydrogen) atoms. The summed E-state index contributed by atoms with van der Waals surface area (Å²) >= 11 is 0. The topological polar surface area (TPSA) is 0 Å². The average Bonchev–Trinajstić information content (AvgIpc) is 2.38. The van der Waals surface area contributed by atoms with Crippen LogP contribution in [0.15, 0.2) is 30.3 Å². The van der Waals surface area contributed by atoms with Gasteiger partial charge in [0.15, 0.2) is 0 Å². The van der Waals surface area contributed by atoms with E-state index in [-0.39, 0.29) is 6.67 Å². The van der Waals surface area contributed by atoms with E-state index < -0.39 is 0 Å². The van der Waals surface area contributed by atoms with Crippen LogP contribution in [0.2, 0.25) is 0 Å². The highest BCUT2D eigenvalue weighted by Crippen LogP contribution is 2.37. The first-order chi connectivity index (χ1) is 7.90. The molecule has 1 saturated carbocycles. The number of halogens is 1. The molecule has 0 unspecified atom stereocenters. The van der Waals surface area contributed by atoms with Crippen LogP contribution in [-0.4, -0.2) is 6.67 Å². The fourth-order valence-corrected chi connectivity index (χ4v) is 2.88. The molecule has 2 rings (SSSR count). The van der Waals surface area contributed by atoms with Crippen LogP contribution in [0.4, 0.5) is 4.39 Å². The predicted octanol–water partition coefficient (Wildman–Crippen LogP) is 4.71. The lowest BCUT2D eigenvalue weighted by Gasteiger charge is -2.28. The normalized spacial score (nSPS) is 25.6. The van der Waals surface area contributed by atoms with Gasteiger partial charge in [0.05, 0.1) is 6.67 Å². The molecule has 0 atom stereocenters. The Kier molecular flexibility index (Phi) is 4.38. The maximum Gasteiger partial charge on any atom is 0.0894 e. The Morgan fingerprint density at radius 3 is 2.31 bits per heavy atom. The van der Waals surface area contributed by atoms with Crippen LogP contribution in [0.25, 0.3) is 0 Å². The molecule has 1 aliphatic rings. The van der Waals surface area contributed by atoms with Gasteiger partial charge in [0, 0.05) is 0 Å². The van der Waals surface area contributed by atoms with Gasteiger partial charge in [-0.15, -0.1) is 0 Å².